The van der Waals surface area contributed by atoms with Crippen LogP contribution in [-0.2, 0) is 4.79 Å². The normalized spacial score (nSPS) is 11.8. The van der Waals surface area contributed by atoms with Crippen molar-refractivity contribution in [3.05, 3.63) is 64.2 Å². The molecule has 0 spiro atoms. The molecule has 0 aliphatic carbocycles. The monoisotopic (exact) mass is 357 g/mol. The summed E-state index contributed by atoms with van der Waals surface area (Å²) < 4.78 is 5.16. The van der Waals surface area contributed by atoms with Crippen molar-refractivity contribution < 1.29 is 14.5 Å². The maximum Gasteiger partial charge on any atom is 0.271 e. The van der Waals surface area contributed by atoms with Crippen LogP contribution in [0, 0.1) is 16.0 Å². The van der Waals surface area contributed by atoms with E-state index in [1.165, 1.54) is 25.3 Å². The number of ether oxygens (including phenoxy) is 1. The fourth-order valence-electron chi connectivity index (χ4n) is 2.70. The lowest BCUT2D eigenvalue weighted by atomic mass is 9.96. The van der Waals surface area contributed by atoms with Gasteiger partial charge in [0.05, 0.1) is 24.3 Å². The molecule has 0 heterocycles. The van der Waals surface area contributed by atoms with Crippen LogP contribution in [-0.4, -0.2) is 24.5 Å². The number of amides is 1. The third-order valence-electron chi connectivity index (χ3n) is 3.98. The zero-order valence-corrected chi connectivity index (χ0v) is 15.1. The van der Waals surface area contributed by atoms with Crippen LogP contribution in [0.5, 0.6) is 5.75 Å². The van der Waals surface area contributed by atoms with E-state index in [4.69, 9.17) is 4.74 Å². The van der Waals surface area contributed by atoms with Crippen LogP contribution < -0.4 is 15.4 Å². The molecule has 0 bridgehead atoms. The summed E-state index contributed by atoms with van der Waals surface area (Å²) in [6.07, 6.45) is 0. The molecule has 2 rings (SSSR count). The molecule has 0 aliphatic rings. The van der Waals surface area contributed by atoms with Crippen molar-refractivity contribution in [3.63, 3.8) is 0 Å². The van der Waals surface area contributed by atoms with E-state index in [9.17, 15) is 14.9 Å². The highest BCUT2D eigenvalue weighted by Crippen LogP contribution is 2.29. The van der Waals surface area contributed by atoms with E-state index < -0.39 is 4.92 Å². The summed E-state index contributed by atoms with van der Waals surface area (Å²) in [5.41, 5.74) is 1.26. The second-order valence-corrected chi connectivity index (χ2v) is 6.20. The third kappa shape index (κ3) is 5.03. The number of carbonyl (C=O) groups is 1. The van der Waals surface area contributed by atoms with Gasteiger partial charge in [-0.1, -0.05) is 44.2 Å². The number of hydrogen-bond donors (Lipinski definition) is 2. The number of methoxy groups -OCH3 is 1. The van der Waals surface area contributed by atoms with Crippen molar-refractivity contribution in [1.29, 1.82) is 0 Å². The standard InChI is InChI=1S/C19H23N3O4/c1-13(2)19(14-7-5-4-6-8-14)20-12-18(23)21-16-11-15(22(24)25)9-10-17(16)26-3/h4-11,13,19-20H,12H2,1-3H3,(H,21,23)/t19-/m0/s1. The van der Waals surface area contributed by atoms with Gasteiger partial charge in [0.15, 0.2) is 0 Å². The van der Waals surface area contributed by atoms with Gasteiger partial charge in [-0.05, 0) is 17.5 Å². The minimum Gasteiger partial charge on any atom is -0.495 e. The topological polar surface area (TPSA) is 93.5 Å². The zero-order valence-electron chi connectivity index (χ0n) is 15.1. The molecule has 1 atom stereocenters. The zero-order chi connectivity index (χ0) is 19.1. The summed E-state index contributed by atoms with van der Waals surface area (Å²) in [5.74, 6) is 0.357. The number of nitro benzene ring substituents is 1. The number of nitro groups is 1. The predicted molar refractivity (Wildman–Crippen MR) is 100 cm³/mol. The highest BCUT2D eigenvalue weighted by Gasteiger charge is 2.18. The second kappa shape index (κ2) is 8.96. The summed E-state index contributed by atoms with van der Waals surface area (Å²) in [4.78, 5) is 22.7. The van der Waals surface area contributed by atoms with Crippen molar-refractivity contribution in [2.24, 2.45) is 5.92 Å². The Labute approximate surface area is 152 Å². The number of benzene rings is 2. The van der Waals surface area contributed by atoms with Crippen molar-refractivity contribution in [2.75, 3.05) is 19.0 Å². The van der Waals surface area contributed by atoms with E-state index in [-0.39, 0.29) is 35.8 Å². The van der Waals surface area contributed by atoms with Gasteiger partial charge >= 0.3 is 0 Å². The molecule has 0 unspecified atom stereocenters. The number of rotatable bonds is 8. The Morgan fingerprint density at radius 1 is 1.19 bits per heavy atom. The van der Waals surface area contributed by atoms with Crippen LogP contribution in [0.25, 0.3) is 0 Å². The number of nitrogens with zero attached hydrogens (tertiary/aromatic N) is 1. The van der Waals surface area contributed by atoms with Gasteiger partial charge in [-0.2, -0.15) is 0 Å². The number of anilines is 1. The first kappa shape index (κ1) is 19.4. The number of carbonyl (C=O) groups excluding carboxylic acids is 1. The lowest BCUT2D eigenvalue weighted by Crippen LogP contribution is -2.33. The van der Waals surface area contributed by atoms with Crippen molar-refractivity contribution >= 4 is 17.3 Å². The largest absolute Gasteiger partial charge is 0.495 e. The summed E-state index contributed by atoms with van der Waals surface area (Å²) in [6.45, 7) is 4.22. The molecule has 7 heteroatoms. The Balaban J connectivity index is 2.06. The van der Waals surface area contributed by atoms with Crippen LogP contribution in [0.2, 0.25) is 0 Å². The maximum absolute atomic E-state index is 12.3. The number of nitrogens with one attached hydrogen (secondary N) is 2. The van der Waals surface area contributed by atoms with Gasteiger partial charge < -0.3 is 15.4 Å². The van der Waals surface area contributed by atoms with Crippen molar-refractivity contribution in [1.82, 2.24) is 5.32 Å². The molecule has 138 valence electrons. The Hall–Kier alpha value is -2.93. The van der Waals surface area contributed by atoms with Gasteiger partial charge in [-0.25, -0.2) is 0 Å². The lowest BCUT2D eigenvalue weighted by molar-refractivity contribution is -0.384. The van der Waals surface area contributed by atoms with Crippen molar-refractivity contribution in [2.45, 2.75) is 19.9 Å². The Morgan fingerprint density at radius 3 is 2.46 bits per heavy atom. The minimum absolute atomic E-state index is 0.0222. The molecule has 0 saturated heterocycles. The van der Waals surface area contributed by atoms with Crippen molar-refractivity contribution in [3.8, 4) is 5.75 Å². The van der Waals surface area contributed by atoms with E-state index in [1.807, 2.05) is 30.3 Å². The van der Waals surface area contributed by atoms with Gasteiger partial charge in [-0.3, -0.25) is 14.9 Å². The molecule has 0 saturated carbocycles. The first-order valence-electron chi connectivity index (χ1n) is 8.33. The van der Waals surface area contributed by atoms with Gasteiger partial charge in [0, 0.05) is 18.2 Å². The average molecular weight is 357 g/mol. The van der Waals surface area contributed by atoms with Gasteiger partial charge in [0.2, 0.25) is 5.91 Å². The van der Waals surface area contributed by atoms with E-state index in [0.29, 0.717) is 5.75 Å². The van der Waals surface area contributed by atoms with Crippen LogP contribution >= 0.6 is 0 Å². The van der Waals surface area contributed by atoms with Gasteiger partial charge in [0.25, 0.3) is 5.69 Å². The van der Waals surface area contributed by atoms with Gasteiger partial charge in [0.1, 0.15) is 5.75 Å². The van der Waals surface area contributed by atoms with Crippen LogP contribution in [0.4, 0.5) is 11.4 Å². The van der Waals surface area contributed by atoms with Crippen LogP contribution in [0.1, 0.15) is 25.5 Å². The molecule has 1 amide bonds. The lowest BCUT2D eigenvalue weighted by Gasteiger charge is -2.23. The number of hydrogen-bond acceptors (Lipinski definition) is 5. The van der Waals surface area contributed by atoms with E-state index in [0.717, 1.165) is 5.56 Å². The van der Waals surface area contributed by atoms with Gasteiger partial charge in [-0.15, -0.1) is 0 Å². The quantitative estimate of drug-likeness (QED) is 0.557. The smallest absolute Gasteiger partial charge is 0.271 e. The molecule has 2 N–H and O–H groups in total. The highest BCUT2D eigenvalue weighted by atomic mass is 16.6. The molecule has 0 fully saturated rings. The molecule has 0 aromatic heterocycles. The second-order valence-electron chi connectivity index (χ2n) is 6.20. The fourth-order valence-corrected chi connectivity index (χ4v) is 2.70. The summed E-state index contributed by atoms with van der Waals surface area (Å²) >= 11 is 0. The highest BCUT2D eigenvalue weighted by molar-refractivity contribution is 5.94. The molecule has 26 heavy (non-hydrogen) atoms. The summed E-state index contributed by atoms with van der Waals surface area (Å²) in [6, 6.07) is 14.0. The summed E-state index contributed by atoms with van der Waals surface area (Å²) in [5, 5.41) is 16.8. The first-order chi connectivity index (χ1) is 12.4. The fraction of sp³-hybridized carbons (Fsp3) is 0.316. The molecular formula is C19H23N3O4. The SMILES string of the molecule is COc1ccc([N+](=O)[O-])cc1NC(=O)CN[C@H](c1ccccc1)C(C)C. The van der Waals surface area contributed by atoms with Crippen LogP contribution in [0.15, 0.2) is 48.5 Å². The molecular weight excluding hydrogens is 334 g/mol. The van der Waals surface area contributed by atoms with E-state index in [2.05, 4.69) is 24.5 Å². The Morgan fingerprint density at radius 2 is 1.88 bits per heavy atom. The molecule has 2 aromatic carbocycles. The first-order valence-corrected chi connectivity index (χ1v) is 8.33. The van der Waals surface area contributed by atoms with E-state index >= 15 is 0 Å². The average Bonchev–Trinajstić information content (AvgIpc) is 2.62. The summed E-state index contributed by atoms with van der Waals surface area (Å²) in [7, 11) is 1.44. The third-order valence-corrected chi connectivity index (χ3v) is 3.98. The number of non-ortho nitro benzene ring substituents is 1. The Kier molecular flexibility index (Phi) is 6.68. The Bertz CT molecular complexity index is 763. The maximum atomic E-state index is 12.3. The minimum atomic E-state index is -0.516. The molecule has 0 aliphatic heterocycles. The predicted octanol–water partition coefficient (Wildman–Crippen LogP) is 3.53. The van der Waals surface area contributed by atoms with Crippen LogP contribution in [0.3, 0.4) is 0 Å². The van der Waals surface area contributed by atoms with E-state index in [1.54, 1.807) is 0 Å². The molecule has 2 aromatic rings. The molecule has 7 nitrogen and oxygen atoms in total. The molecule has 0 radical (unpaired) electrons.